The number of aromatic nitrogens is 2. The van der Waals surface area contributed by atoms with Crippen LogP contribution >= 0.6 is 11.8 Å². The first-order chi connectivity index (χ1) is 12.8. The number of aliphatic hydroxyl groups excluding tert-OH is 2. The topological polar surface area (TPSA) is 96.6 Å². The molecule has 0 bridgehead atoms. The second-order valence-electron chi connectivity index (χ2n) is 7.43. The Bertz CT molecular complexity index is 822. The van der Waals surface area contributed by atoms with Crippen molar-refractivity contribution in [2.75, 3.05) is 11.9 Å². The summed E-state index contributed by atoms with van der Waals surface area (Å²) in [6.45, 7) is 5.78. The van der Waals surface area contributed by atoms with Crippen molar-refractivity contribution < 1.29 is 14.9 Å². The van der Waals surface area contributed by atoms with Gasteiger partial charge in [-0.3, -0.25) is 4.57 Å². The van der Waals surface area contributed by atoms with Crippen LogP contribution in [-0.4, -0.2) is 48.6 Å². The second-order valence-corrected chi connectivity index (χ2v) is 9.43. The highest BCUT2D eigenvalue weighted by Crippen LogP contribution is 2.42. The van der Waals surface area contributed by atoms with Crippen molar-refractivity contribution in [2.45, 2.75) is 49.2 Å². The first-order valence-corrected chi connectivity index (χ1v) is 9.70. The smallest absolute Gasteiger partial charge is 0.351 e. The maximum Gasteiger partial charge on any atom is 0.351 e. The van der Waals surface area contributed by atoms with Gasteiger partial charge in [0.15, 0.2) is 6.23 Å². The van der Waals surface area contributed by atoms with E-state index < -0.39 is 29.4 Å². The average Bonchev–Trinajstić information content (AvgIpc) is 2.90. The second kappa shape index (κ2) is 8.02. The predicted molar refractivity (Wildman–Crippen MR) is 106 cm³/mol. The molecule has 7 nitrogen and oxygen atoms in total. The molecule has 1 aliphatic heterocycles. The molecule has 3 rings (SSSR count). The van der Waals surface area contributed by atoms with Gasteiger partial charge >= 0.3 is 5.69 Å². The van der Waals surface area contributed by atoms with Crippen LogP contribution in [0, 0.1) is 0 Å². The molecule has 4 atom stereocenters. The van der Waals surface area contributed by atoms with Gasteiger partial charge in [0.1, 0.15) is 11.9 Å². The van der Waals surface area contributed by atoms with E-state index in [2.05, 4.69) is 10.3 Å². The van der Waals surface area contributed by atoms with E-state index in [-0.39, 0.29) is 11.4 Å². The van der Waals surface area contributed by atoms with Crippen LogP contribution in [0.3, 0.4) is 0 Å². The van der Waals surface area contributed by atoms with Crippen molar-refractivity contribution in [2.24, 2.45) is 0 Å². The molecule has 1 saturated heterocycles. The fourth-order valence-electron chi connectivity index (χ4n) is 2.97. The molecule has 1 aromatic carbocycles. The number of thioether (sulfide) groups is 1. The van der Waals surface area contributed by atoms with Gasteiger partial charge in [0.2, 0.25) is 0 Å². The van der Waals surface area contributed by atoms with Crippen LogP contribution in [-0.2, 0) is 4.74 Å². The van der Waals surface area contributed by atoms with Crippen molar-refractivity contribution in [3.05, 3.63) is 53.1 Å². The Kier molecular flexibility index (Phi) is 5.90. The molecule has 2 heterocycles. The van der Waals surface area contributed by atoms with Gasteiger partial charge in [-0.05, 0) is 18.2 Å². The third-order valence-corrected chi connectivity index (χ3v) is 5.62. The van der Waals surface area contributed by atoms with Gasteiger partial charge in [-0.2, -0.15) is 4.98 Å². The van der Waals surface area contributed by atoms with Gasteiger partial charge in [0, 0.05) is 16.6 Å². The van der Waals surface area contributed by atoms with Gasteiger partial charge in [0.25, 0.3) is 0 Å². The lowest BCUT2D eigenvalue weighted by Crippen LogP contribution is -2.36. The van der Waals surface area contributed by atoms with Crippen LogP contribution in [0.1, 0.15) is 27.0 Å². The fraction of sp³-hybridized carbons (Fsp3) is 0.474. The van der Waals surface area contributed by atoms with E-state index in [1.807, 2.05) is 51.1 Å². The van der Waals surface area contributed by atoms with E-state index in [9.17, 15) is 15.0 Å². The molecule has 0 aliphatic carbocycles. The fourth-order valence-corrected chi connectivity index (χ4v) is 4.42. The molecule has 2 aromatic rings. The quantitative estimate of drug-likeness (QED) is 0.718. The number of aliphatic hydroxyl groups is 2. The minimum Gasteiger partial charge on any atom is -0.394 e. The Balaban J connectivity index is 1.86. The zero-order valence-electron chi connectivity index (χ0n) is 15.6. The molecule has 0 amide bonds. The van der Waals surface area contributed by atoms with E-state index in [0.29, 0.717) is 5.82 Å². The Morgan fingerprint density at radius 3 is 2.56 bits per heavy atom. The molecule has 3 N–H and O–H groups in total. The van der Waals surface area contributed by atoms with Crippen molar-refractivity contribution in [1.29, 1.82) is 0 Å². The molecule has 1 fully saturated rings. The zero-order chi connectivity index (χ0) is 19.6. The van der Waals surface area contributed by atoms with Crippen LogP contribution in [0.5, 0.6) is 0 Å². The Morgan fingerprint density at radius 2 is 1.96 bits per heavy atom. The number of benzene rings is 1. The molecule has 27 heavy (non-hydrogen) atoms. The van der Waals surface area contributed by atoms with Gasteiger partial charge in [-0.1, -0.05) is 39.0 Å². The minimum atomic E-state index is -0.877. The standard InChI is InChI=1S/C19H25N3O4S/c1-19(2,3)27-16-15(24)13(11-23)26-17(16)22-10-9-14(21-18(22)25)20-12-7-5-4-6-8-12/h4-10,13,15-17,23-24H,11H2,1-3H3,(H,20,21,25)/t13-,15-,16-,17-/m0/s1. The number of rotatable bonds is 5. The Morgan fingerprint density at radius 1 is 1.26 bits per heavy atom. The average molecular weight is 391 g/mol. The first kappa shape index (κ1) is 19.9. The molecule has 0 unspecified atom stereocenters. The highest BCUT2D eigenvalue weighted by atomic mass is 32.2. The Hall–Kier alpha value is -1.87. The highest BCUT2D eigenvalue weighted by molar-refractivity contribution is 8.01. The SMILES string of the molecule is CC(C)(C)S[C@H]1[C@@H](O)[C@H](CO)O[C@@H]1n1ccc(Nc2ccccc2)nc1=O. The number of anilines is 2. The predicted octanol–water partition coefficient (Wildman–Crippen LogP) is 2.14. The first-order valence-electron chi connectivity index (χ1n) is 8.82. The monoisotopic (exact) mass is 391 g/mol. The van der Waals surface area contributed by atoms with E-state index in [0.717, 1.165) is 5.69 Å². The summed E-state index contributed by atoms with van der Waals surface area (Å²) in [5.41, 5.74) is 0.349. The van der Waals surface area contributed by atoms with E-state index in [1.54, 1.807) is 12.3 Å². The van der Waals surface area contributed by atoms with Gasteiger partial charge in [-0.15, -0.1) is 11.8 Å². The number of para-hydroxylation sites is 1. The van der Waals surface area contributed by atoms with Crippen LogP contribution < -0.4 is 11.0 Å². The van der Waals surface area contributed by atoms with E-state index in [4.69, 9.17) is 4.74 Å². The molecule has 0 spiro atoms. The van der Waals surface area contributed by atoms with Gasteiger partial charge in [-0.25, -0.2) is 4.79 Å². The maximum atomic E-state index is 12.6. The summed E-state index contributed by atoms with van der Waals surface area (Å²) in [5, 5.41) is 22.7. The number of hydrogen-bond donors (Lipinski definition) is 3. The number of nitrogens with one attached hydrogen (secondary N) is 1. The molecule has 0 radical (unpaired) electrons. The molecular weight excluding hydrogens is 366 g/mol. The summed E-state index contributed by atoms with van der Waals surface area (Å²) in [5.74, 6) is 0.430. The van der Waals surface area contributed by atoms with Gasteiger partial charge in [0.05, 0.1) is 18.0 Å². The van der Waals surface area contributed by atoms with Gasteiger partial charge < -0.3 is 20.3 Å². The summed E-state index contributed by atoms with van der Waals surface area (Å²) in [6, 6.07) is 11.1. The van der Waals surface area contributed by atoms with E-state index >= 15 is 0 Å². The Labute approximate surface area is 162 Å². The van der Waals surface area contributed by atoms with Crippen LogP contribution in [0.2, 0.25) is 0 Å². The summed E-state index contributed by atoms with van der Waals surface area (Å²) in [6.07, 6.45) is -0.706. The number of nitrogens with zero attached hydrogens (tertiary/aromatic N) is 2. The number of hydrogen-bond acceptors (Lipinski definition) is 7. The van der Waals surface area contributed by atoms with Crippen molar-refractivity contribution in [1.82, 2.24) is 9.55 Å². The minimum absolute atomic E-state index is 0.149. The highest BCUT2D eigenvalue weighted by Gasteiger charge is 2.46. The lowest BCUT2D eigenvalue weighted by atomic mass is 10.2. The van der Waals surface area contributed by atoms with Crippen molar-refractivity contribution in [3.63, 3.8) is 0 Å². The lowest BCUT2D eigenvalue weighted by molar-refractivity contribution is -0.0456. The molecule has 8 heteroatoms. The maximum absolute atomic E-state index is 12.6. The summed E-state index contributed by atoms with van der Waals surface area (Å²) >= 11 is 1.52. The van der Waals surface area contributed by atoms with Crippen LogP contribution in [0.15, 0.2) is 47.4 Å². The normalized spacial score (nSPS) is 25.5. The van der Waals surface area contributed by atoms with Crippen LogP contribution in [0.25, 0.3) is 0 Å². The largest absolute Gasteiger partial charge is 0.394 e. The number of ether oxygens (including phenoxy) is 1. The molecule has 0 saturated carbocycles. The summed E-state index contributed by atoms with van der Waals surface area (Å²) in [4.78, 5) is 16.7. The third-order valence-electron chi connectivity index (χ3n) is 4.13. The molecular formula is C19H25N3O4S. The zero-order valence-corrected chi connectivity index (χ0v) is 16.4. The lowest BCUT2D eigenvalue weighted by Gasteiger charge is -2.28. The van der Waals surface area contributed by atoms with E-state index in [1.165, 1.54) is 16.3 Å². The molecule has 1 aromatic heterocycles. The van der Waals surface area contributed by atoms with Crippen molar-refractivity contribution in [3.8, 4) is 0 Å². The third kappa shape index (κ3) is 4.70. The van der Waals surface area contributed by atoms with Crippen LogP contribution in [0.4, 0.5) is 11.5 Å². The molecule has 146 valence electrons. The molecule has 1 aliphatic rings. The summed E-state index contributed by atoms with van der Waals surface area (Å²) < 4.78 is 7.01. The van der Waals surface area contributed by atoms with Crippen molar-refractivity contribution >= 4 is 23.3 Å². The summed E-state index contributed by atoms with van der Waals surface area (Å²) in [7, 11) is 0.